The highest BCUT2D eigenvalue weighted by atomic mass is 16.5. The van der Waals surface area contributed by atoms with Crippen LogP contribution in [0.25, 0.3) is 0 Å². The fraction of sp³-hybridized carbons (Fsp3) is 0.731. The second-order valence-corrected chi connectivity index (χ2v) is 11.3. The van der Waals surface area contributed by atoms with Gasteiger partial charge >= 0.3 is 5.97 Å². The normalized spacial score (nSPS) is 37.5. The highest BCUT2D eigenvalue weighted by Gasteiger charge is 2.74. The summed E-state index contributed by atoms with van der Waals surface area (Å²) in [6, 6.07) is 3.34. The van der Waals surface area contributed by atoms with Gasteiger partial charge in [-0.25, -0.2) is 0 Å². The van der Waals surface area contributed by atoms with Crippen molar-refractivity contribution in [3.05, 3.63) is 23.3 Å². The van der Waals surface area contributed by atoms with Crippen molar-refractivity contribution >= 4 is 5.97 Å². The molecular weight excluding hydrogens is 420 g/mol. The molecule has 3 N–H and O–H groups in total. The molecule has 1 aromatic carbocycles. The van der Waals surface area contributed by atoms with E-state index in [-0.39, 0.29) is 35.3 Å². The van der Waals surface area contributed by atoms with Gasteiger partial charge in [-0.05, 0) is 68.5 Å². The Morgan fingerprint density at radius 3 is 2.76 bits per heavy atom. The first kappa shape index (κ1) is 21.7. The molecular formula is C26H36N2O5. The predicted molar refractivity (Wildman–Crippen MR) is 123 cm³/mol. The van der Waals surface area contributed by atoms with Crippen molar-refractivity contribution in [2.75, 3.05) is 20.2 Å². The number of likely N-dealkylation sites (tertiary alicyclic amines) is 1. The van der Waals surface area contributed by atoms with Gasteiger partial charge in [0.1, 0.15) is 12.1 Å². The molecule has 3 fully saturated rings. The van der Waals surface area contributed by atoms with Gasteiger partial charge in [-0.15, -0.1) is 0 Å². The number of benzene rings is 1. The van der Waals surface area contributed by atoms with Crippen molar-refractivity contribution < 1.29 is 24.5 Å². The molecule has 1 spiro atoms. The van der Waals surface area contributed by atoms with Crippen LogP contribution < -0.4 is 10.1 Å². The van der Waals surface area contributed by atoms with Gasteiger partial charge in [0.05, 0.1) is 11.0 Å². The fourth-order valence-corrected chi connectivity index (χ4v) is 7.82. The van der Waals surface area contributed by atoms with Gasteiger partial charge in [-0.2, -0.15) is 0 Å². The molecule has 6 rings (SSSR count). The minimum absolute atomic E-state index is 0.0404. The zero-order chi connectivity index (χ0) is 23.1. The van der Waals surface area contributed by atoms with E-state index in [9.17, 15) is 15.0 Å². The zero-order valence-corrected chi connectivity index (χ0v) is 19.8. The number of phenols is 1. The second kappa shape index (κ2) is 7.33. The van der Waals surface area contributed by atoms with Gasteiger partial charge in [-0.1, -0.05) is 19.9 Å². The SMILES string of the molecule is CO[C@@]12CC[C@@H](N[C@H](C(=O)O)C(C)C)[C@@H]3Oc4c(O)ccc5c4C31CCN(CC1CC1)C2C5. The highest BCUT2D eigenvalue weighted by Crippen LogP contribution is 2.66. The predicted octanol–water partition coefficient (Wildman–Crippen LogP) is 2.68. The van der Waals surface area contributed by atoms with Crippen LogP contribution >= 0.6 is 0 Å². The first-order valence-corrected chi connectivity index (χ1v) is 12.6. The number of carboxylic acids is 1. The molecule has 7 heteroatoms. The third-order valence-corrected chi connectivity index (χ3v) is 9.41. The summed E-state index contributed by atoms with van der Waals surface area (Å²) in [5.74, 6) is 0.713. The zero-order valence-electron chi connectivity index (χ0n) is 19.8. The molecule has 2 aliphatic heterocycles. The number of rotatable bonds is 7. The lowest BCUT2D eigenvalue weighted by Gasteiger charge is -2.66. The van der Waals surface area contributed by atoms with Gasteiger partial charge in [0, 0.05) is 31.3 Å². The third-order valence-electron chi connectivity index (χ3n) is 9.41. The van der Waals surface area contributed by atoms with Crippen LogP contribution in [0.15, 0.2) is 12.1 Å². The van der Waals surface area contributed by atoms with E-state index in [4.69, 9.17) is 9.47 Å². The average Bonchev–Trinajstić information content (AvgIpc) is 3.53. The first-order valence-electron chi connectivity index (χ1n) is 12.6. The first-order chi connectivity index (χ1) is 15.8. The Balaban J connectivity index is 1.47. The number of aromatic hydroxyl groups is 1. The molecule has 0 amide bonds. The van der Waals surface area contributed by atoms with Crippen LogP contribution in [-0.2, 0) is 21.4 Å². The molecule has 33 heavy (non-hydrogen) atoms. The number of carboxylic acid groups (broad SMARTS) is 1. The van der Waals surface area contributed by atoms with E-state index in [1.165, 1.54) is 18.4 Å². The molecule has 6 atom stereocenters. The molecule has 0 aromatic heterocycles. The molecule has 3 aliphatic carbocycles. The summed E-state index contributed by atoms with van der Waals surface area (Å²) in [6.45, 7) is 5.99. The number of methoxy groups -OCH3 is 1. The van der Waals surface area contributed by atoms with Crippen LogP contribution in [0.4, 0.5) is 0 Å². The number of aliphatic carboxylic acids is 1. The number of nitrogens with one attached hydrogen (secondary N) is 1. The monoisotopic (exact) mass is 456 g/mol. The lowest BCUT2D eigenvalue weighted by Crippen LogP contribution is -2.79. The van der Waals surface area contributed by atoms with Crippen LogP contribution in [-0.4, -0.2) is 71.1 Å². The van der Waals surface area contributed by atoms with Gasteiger partial charge in [-0.3, -0.25) is 15.0 Å². The Kier molecular flexibility index (Phi) is 4.82. The molecule has 180 valence electrons. The van der Waals surface area contributed by atoms with Crippen molar-refractivity contribution in [1.29, 1.82) is 0 Å². The van der Waals surface area contributed by atoms with E-state index in [0.29, 0.717) is 5.75 Å². The minimum Gasteiger partial charge on any atom is -0.504 e. The van der Waals surface area contributed by atoms with E-state index in [1.807, 2.05) is 21.0 Å². The summed E-state index contributed by atoms with van der Waals surface area (Å²) < 4.78 is 13.2. The van der Waals surface area contributed by atoms with E-state index in [2.05, 4.69) is 16.3 Å². The summed E-state index contributed by atoms with van der Waals surface area (Å²) in [6.07, 6.45) is 5.83. The van der Waals surface area contributed by atoms with Crippen LogP contribution in [0, 0.1) is 11.8 Å². The van der Waals surface area contributed by atoms with E-state index in [0.717, 1.165) is 50.3 Å². The van der Waals surface area contributed by atoms with Crippen molar-refractivity contribution in [2.24, 2.45) is 11.8 Å². The van der Waals surface area contributed by atoms with Gasteiger partial charge < -0.3 is 19.7 Å². The van der Waals surface area contributed by atoms with Gasteiger partial charge in [0.15, 0.2) is 11.5 Å². The lowest BCUT2D eigenvalue weighted by atomic mass is 9.48. The molecule has 0 radical (unpaired) electrons. The van der Waals surface area contributed by atoms with Crippen LogP contribution in [0.5, 0.6) is 11.5 Å². The molecule has 2 heterocycles. The number of carbonyl (C=O) groups is 1. The molecule has 2 bridgehead atoms. The maximum absolute atomic E-state index is 12.0. The number of hydrogen-bond donors (Lipinski definition) is 3. The number of piperidine rings is 1. The Morgan fingerprint density at radius 1 is 1.30 bits per heavy atom. The third kappa shape index (κ3) is 2.82. The maximum atomic E-state index is 12.0. The second-order valence-electron chi connectivity index (χ2n) is 11.3. The van der Waals surface area contributed by atoms with Crippen LogP contribution in [0.2, 0.25) is 0 Å². The standard InChI is InChI=1S/C26H36N2O5/c1-14(2)21(24(30)31)27-17-8-9-26(32-3)19-12-16-6-7-18(29)22-20(16)25(26,23(17)33-22)10-11-28(19)13-15-4-5-15/h6-7,14-15,17,19,21,23,27,29H,4-5,8-13H2,1-3H3,(H,30,31)/t17-,19?,21+,23+,25?,26-/m1/s1. The van der Waals surface area contributed by atoms with Gasteiger partial charge in [0.2, 0.25) is 0 Å². The minimum atomic E-state index is -0.828. The van der Waals surface area contributed by atoms with Crippen LogP contribution in [0.1, 0.15) is 57.1 Å². The molecule has 1 aromatic rings. The molecule has 2 saturated carbocycles. The molecule has 7 nitrogen and oxygen atoms in total. The topological polar surface area (TPSA) is 91.3 Å². The summed E-state index contributed by atoms with van der Waals surface area (Å²) in [5, 5.41) is 24.1. The number of phenolic OH excluding ortho intramolecular Hbond substituents is 1. The van der Waals surface area contributed by atoms with Crippen molar-refractivity contribution in [3.8, 4) is 11.5 Å². The van der Waals surface area contributed by atoms with E-state index >= 15 is 0 Å². The quantitative estimate of drug-likeness (QED) is 0.581. The lowest BCUT2D eigenvalue weighted by molar-refractivity contribution is -0.208. The Bertz CT molecular complexity index is 978. The van der Waals surface area contributed by atoms with Crippen molar-refractivity contribution in [1.82, 2.24) is 10.2 Å². The highest BCUT2D eigenvalue weighted by molar-refractivity contribution is 5.74. The summed E-state index contributed by atoms with van der Waals surface area (Å²) in [5.41, 5.74) is 1.60. The average molecular weight is 457 g/mol. The summed E-state index contributed by atoms with van der Waals surface area (Å²) >= 11 is 0. The molecule has 5 aliphatic rings. The van der Waals surface area contributed by atoms with E-state index in [1.54, 1.807) is 6.07 Å². The Labute approximate surface area is 195 Å². The largest absolute Gasteiger partial charge is 0.504 e. The molecule has 1 saturated heterocycles. The van der Waals surface area contributed by atoms with E-state index < -0.39 is 17.6 Å². The number of nitrogens with zero attached hydrogens (tertiary/aromatic N) is 1. The maximum Gasteiger partial charge on any atom is 0.320 e. The van der Waals surface area contributed by atoms with Crippen LogP contribution in [0.3, 0.4) is 0 Å². The number of hydrogen-bond acceptors (Lipinski definition) is 6. The summed E-state index contributed by atoms with van der Waals surface area (Å²) in [7, 11) is 1.85. The van der Waals surface area contributed by atoms with Gasteiger partial charge in [0.25, 0.3) is 0 Å². The fourth-order valence-electron chi connectivity index (χ4n) is 7.82. The van der Waals surface area contributed by atoms with Crippen molar-refractivity contribution in [3.63, 3.8) is 0 Å². The number of ether oxygens (including phenoxy) is 2. The Hall–Kier alpha value is -1.83. The molecule has 2 unspecified atom stereocenters. The van der Waals surface area contributed by atoms with Crippen molar-refractivity contribution in [2.45, 2.75) is 87.6 Å². The smallest absolute Gasteiger partial charge is 0.320 e. The summed E-state index contributed by atoms with van der Waals surface area (Å²) in [4.78, 5) is 14.7. The Morgan fingerprint density at radius 2 is 2.09 bits per heavy atom.